The number of halogens is 4. The van der Waals surface area contributed by atoms with Gasteiger partial charge in [0.05, 0.1) is 15.7 Å². The molecule has 130 valence electrons. The maximum atomic E-state index is 13.6. The monoisotopic (exact) mass is 444 g/mol. The first-order valence-electron chi connectivity index (χ1n) is 7.27. The van der Waals surface area contributed by atoms with Crippen molar-refractivity contribution >= 4 is 56.8 Å². The Morgan fingerprint density at radius 3 is 2.28 bits per heavy atom. The molecule has 25 heavy (non-hydrogen) atoms. The molecule has 0 radical (unpaired) electrons. The number of amides is 3. The second kappa shape index (κ2) is 6.59. The fourth-order valence-electron chi connectivity index (χ4n) is 2.72. The second-order valence-electron chi connectivity index (χ2n) is 5.93. The molecule has 4 nitrogen and oxygen atoms in total. The largest absolute Gasteiger partial charge is 0.329 e. The molecule has 1 aliphatic rings. The average molecular weight is 446 g/mol. The topological polar surface area (TPSA) is 49.4 Å². The Kier molecular flexibility index (Phi) is 4.79. The minimum absolute atomic E-state index is 0.124. The normalized spacial score (nSPS) is 20.1. The second-order valence-corrected chi connectivity index (χ2v) is 7.66. The summed E-state index contributed by atoms with van der Waals surface area (Å²) in [5, 5.41) is 2.17. The summed E-state index contributed by atoms with van der Waals surface area (Å²) in [6.45, 7) is 1.64. The molecule has 1 N–H and O–H groups in total. The molecule has 2 aromatic rings. The fourth-order valence-corrected chi connectivity index (χ4v) is 3.46. The van der Waals surface area contributed by atoms with Crippen LogP contribution >= 0.6 is 39.1 Å². The standard InChI is InChI=1S/C17H12BrCl2FN2O2/c1-17(8-9-2-4-10(18)5-3-9)15(24)23(16(25)22-17)11-6-12(19)14(21)13(20)7-11/h2-7H,8H2,1H3,(H,22,25)/t17-/m1/s1. The summed E-state index contributed by atoms with van der Waals surface area (Å²) < 4.78 is 14.5. The van der Waals surface area contributed by atoms with Crippen molar-refractivity contribution in [1.29, 1.82) is 0 Å². The molecule has 8 heteroatoms. The van der Waals surface area contributed by atoms with Gasteiger partial charge >= 0.3 is 6.03 Å². The molecule has 0 aliphatic carbocycles. The molecule has 0 bridgehead atoms. The van der Waals surface area contributed by atoms with Crippen LogP contribution in [0.5, 0.6) is 0 Å². The van der Waals surface area contributed by atoms with Crippen LogP contribution in [-0.4, -0.2) is 17.5 Å². The van der Waals surface area contributed by atoms with Crippen molar-refractivity contribution in [3.8, 4) is 0 Å². The van der Waals surface area contributed by atoms with E-state index in [4.69, 9.17) is 23.2 Å². The van der Waals surface area contributed by atoms with Gasteiger partial charge in [-0.3, -0.25) is 4.79 Å². The first-order chi connectivity index (χ1) is 11.7. The smallest absolute Gasteiger partial charge is 0.323 e. The van der Waals surface area contributed by atoms with E-state index in [0.29, 0.717) is 6.42 Å². The summed E-state index contributed by atoms with van der Waals surface area (Å²) >= 11 is 14.9. The Hall–Kier alpha value is -1.63. The summed E-state index contributed by atoms with van der Waals surface area (Å²) in [7, 11) is 0. The van der Waals surface area contributed by atoms with Gasteiger partial charge in [-0.2, -0.15) is 0 Å². The zero-order valence-electron chi connectivity index (χ0n) is 12.9. The molecular formula is C17H12BrCl2FN2O2. The number of rotatable bonds is 3. The minimum Gasteiger partial charge on any atom is -0.323 e. The number of nitrogens with zero attached hydrogens (tertiary/aromatic N) is 1. The van der Waals surface area contributed by atoms with Crippen LogP contribution in [0.15, 0.2) is 40.9 Å². The maximum Gasteiger partial charge on any atom is 0.329 e. The Labute approximate surface area is 162 Å². The Balaban J connectivity index is 1.93. The SMILES string of the molecule is C[C@]1(Cc2ccc(Br)cc2)NC(=O)N(c2cc(Cl)c(F)c(Cl)c2)C1=O. The van der Waals surface area contributed by atoms with Crippen molar-refractivity contribution in [2.75, 3.05) is 4.90 Å². The van der Waals surface area contributed by atoms with Crippen LogP contribution in [0.4, 0.5) is 14.9 Å². The molecule has 1 fully saturated rings. The van der Waals surface area contributed by atoms with Crippen molar-refractivity contribution in [3.63, 3.8) is 0 Å². The third-order valence-corrected chi connectivity index (χ3v) is 5.04. The third kappa shape index (κ3) is 3.38. The van der Waals surface area contributed by atoms with Crippen LogP contribution in [0.25, 0.3) is 0 Å². The zero-order chi connectivity index (χ0) is 18.4. The molecule has 0 unspecified atom stereocenters. The fraction of sp³-hybridized carbons (Fsp3) is 0.176. The molecule has 1 atom stereocenters. The van der Waals surface area contributed by atoms with Crippen molar-refractivity contribution in [2.24, 2.45) is 0 Å². The number of carbonyl (C=O) groups excluding carboxylic acids is 2. The summed E-state index contributed by atoms with van der Waals surface area (Å²) in [5.74, 6) is -1.25. The van der Waals surface area contributed by atoms with Crippen molar-refractivity contribution in [2.45, 2.75) is 18.9 Å². The molecule has 3 rings (SSSR count). The van der Waals surface area contributed by atoms with Gasteiger partial charge in [0.2, 0.25) is 0 Å². The van der Waals surface area contributed by atoms with Gasteiger partial charge in [0, 0.05) is 10.9 Å². The van der Waals surface area contributed by atoms with Gasteiger partial charge in [0.15, 0.2) is 5.82 Å². The third-order valence-electron chi connectivity index (χ3n) is 3.96. The summed E-state index contributed by atoms with van der Waals surface area (Å²) in [4.78, 5) is 26.2. The number of urea groups is 1. The van der Waals surface area contributed by atoms with E-state index >= 15 is 0 Å². The highest BCUT2D eigenvalue weighted by molar-refractivity contribution is 9.10. The van der Waals surface area contributed by atoms with Crippen LogP contribution in [-0.2, 0) is 11.2 Å². The van der Waals surface area contributed by atoms with Crippen molar-refractivity contribution < 1.29 is 14.0 Å². The molecular weight excluding hydrogens is 434 g/mol. The molecule has 1 aliphatic heterocycles. The average Bonchev–Trinajstić information content (AvgIpc) is 2.76. The number of hydrogen-bond acceptors (Lipinski definition) is 2. The van der Waals surface area contributed by atoms with Gasteiger partial charge in [-0.05, 0) is 36.8 Å². The lowest BCUT2D eigenvalue weighted by Gasteiger charge is -2.22. The van der Waals surface area contributed by atoms with E-state index in [0.717, 1.165) is 14.9 Å². The van der Waals surface area contributed by atoms with Crippen LogP contribution in [0.1, 0.15) is 12.5 Å². The highest BCUT2D eigenvalue weighted by Crippen LogP contribution is 2.33. The van der Waals surface area contributed by atoms with Crippen LogP contribution < -0.4 is 10.2 Å². The number of nitrogens with one attached hydrogen (secondary N) is 1. The van der Waals surface area contributed by atoms with E-state index in [1.165, 1.54) is 12.1 Å². The van der Waals surface area contributed by atoms with Crippen molar-refractivity contribution in [3.05, 3.63) is 62.3 Å². The maximum absolute atomic E-state index is 13.6. The van der Waals surface area contributed by atoms with E-state index in [-0.39, 0.29) is 15.7 Å². The molecule has 0 spiro atoms. The lowest BCUT2D eigenvalue weighted by Crippen LogP contribution is -2.46. The highest BCUT2D eigenvalue weighted by Gasteiger charge is 2.48. The summed E-state index contributed by atoms with van der Waals surface area (Å²) in [6.07, 6.45) is 0.310. The minimum atomic E-state index is -1.13. The Morgan fingerprint density at radius 2 is 1.72 bits per heavy atom. The van der Waals surface area contributed by atoms with Gasteiger partial charge in [0.1, 0.15) is 5.54 Å². The Bertz CT molecular complexity index is 852. The first kappa shape index (κ1) is 18.2. The number of hydrogen-bond donors (Lipinski definition) is 1. The number of imide groups is 1. The van der Waals surface area contributed by atoms with E-state index < -0.39 is 23.3 Å². The lowest BCUT2D eigenvalue weighted by molar-refractivity contribution is -0.121. The summed E-state index contributed by atoms with van der Waals surface area (Å²) in [5.41, 5.74) is -0.118. The van der Waals surface area contributed by atoms with Crippen LogP contribution in [0.2, 0.25) is 10.0 Å². The van der Waals surface area contributed by atoms with Gasteiger partial charge in [-0.15, -0.1) is 0 Å². The zero-order valence-corrected chi connectivity index (χ0v) is 16.0. The van der Waals surface area contributed by atoms with Gasteiger partial charge in [-0.1, -0.05) is 51.3 Å². The number of carbonyl (C=O) groups is 2. The highest BCUT2D eigenvalue weighted by atomic mass is 79.9. The molecule has 0 saturated carbocycles. The number of benzene rings is 2. The number of anilines is 1. The van der Waals surface area contributed by atoms with Crippen LogP contribution in [0, 0.1) is 5.82 Å². The molecule has 2 aromatic carbocycles. The van der Waals surface area contributed by atoms with Crippen molar-refractivity contribution in [1.82, 2.24) is 5.32 Å². The quantitative estimate of drug-likeness (QED) is 0.536. The predicted octanol–water partition coefficient (Wildman–Crippen LogP) is 4.95. The molecule has 1 heterocycles. The van der Waals surface area contributed by atoms with Gasteiger partial charge in [0.25, 0.3) is 5.91 Å². The van der Waals surface area contributed by atoms with Crippen LogP contribution in [0.3, 0.4) is 0 Å². The van der Waals surface area contributed by atoms with E-state index in [1.807, 2.05) is 24.3 Å². The van der Waals surface area contributed by atoms with E-state index in [2.05, 4.69) is 21.2 Å². The van der Waals surface area contributed by atoms with Gasteiger partial charge < -0.3 is 5.32 Å². The lowest BCUT2D eigenvalue weighted by atomic mass is 9.93. The molecule has 0 aromatic heterocycles. The molecule has 1 saturated heterocycles. The Morgan fingerprint density at radius 1 is 1.16 bits per heavy atom. The van der Waals surface area contributed by atoms with E-state index in [1.54, 1.807) is 6.92 Å². The summed E-state index contributed by atoms with van der Waals surface area (Å²) in [6, 6.07) is 9.24. The predicted molar refractivity (Wildman–Crippen MR) is 98.7 cm³/mol. The first-order valence-corrected chi connectivity index (χ1v) is 8.82. The molecule has 3 amide bonds. The van der Waals surface area contributed by atoms with E-state index in [9.17, 15) is 14.0 Å². The van der Waals surface area contributed by atoms with Gasteiger partial charge in [-0.25, -0.2) is 14.1 Å².